The van der Waals surface area contributed by atoms with Gasteiger partial charge in [-0.25, -0.2) is 0 Å². The van der Waals surface area contributed by atoms with Crippen LogP contribution in [0.5, 0.6) is 0 Å². The second-order valence-electron chi connectivity index (χ2n) is 3.71. The van der Waals surface area contributed by atoms with Gasteiger partial charge in [0.05, 0.1) is 19.2 Å². The number of benzene rings is 1. The molecule has 1 aliphatic rings. The van der Waals surface area contributed by atoms with E-state index < -0.39 is 0 Å². The van der Waals surface area contributed by atoms with Gasteiger partial charge in [-0.05, 0) is 24.3 Å². The summed E-state index contributed by atoms with van der Waals surface area (Å²) < 4.78 is 0. The smallest absolute Gasteiger partial charge is 0.241 e. The molecular weight excluding hydrogens is 228 g/mol. The number of aliphatic hydroxyl groups excluding tert-OH is 1. The summed E-state index contributed by atoms with van der Waals surface area (Å²) in [4.78, 5) is 13.4. The number of hydrogen-bond donors (Lipinski definition) is 2. The maximum atomic E-state index is 11.8. The molecule has 2 rings (SSSR count). The van der Waals surface area contributed by atoms with Gasteiger partial charge in [0.2, 0.25) is 5.91 Å². The fraction of sp³-hybridized carbons (Fsp3) is 0.364. The third-order valence-electron chi connectivity index (χ3n) is 2.61. The molecule has 0 aromatic heterocycles. The van der Waals surface area contributed by atoms with E-state index in [1.807, 2.05) is 0 Å². The van der Waals surface area contributed by atoms with Gasteiger partial charge in [0.1, 0.15) is 0 Å². The molecule has 1 aromatic rings. The van der Waals surface area contributed by atoms with Crippen LogP contribution in [-0.4, -0.2) is 36.8 Å². The largest absolute Gasteiger partial charge is 0.394 e. The first kappa shape index (κ1) is 11.4. The molecule has 0 unspecified atom stereocenters. The van der Waals surface area contributed by atoms with E-state index in [0.717, 1.165) is 5.69 Å². The standard InChI is InChI=1S/C11H13ClN2O2/c12-8-1-3-9(4-2-8)14-10(7-15)5-13-6-11(14)16/h1-4,10,13,15H,5-7H2/t10-/m0/s1. The van der Waals surface area contributed by atoms with Crippen molar-refractivity contribution < 1.29 is 9.90 Å². The monoisotopic (exact) mass is 240 g/mol. The minimum absolute atomic E-state index is 0.0346. The van der Waals surface area contributed by atoms with Crippen molar-refractivity contribution in [1.82, 2.24) is 5.32 Å². The molecule has 0 bridgehead atoms. The van der Waals surface area contributed by atoms with E-state index in [0.29, 0.717) is 18.1 Å². The predicted octanol–water partition coefficient (Wildman–Crippen LogP) is 0.637. The summed E-state index contributed by atoms with van der Waals surface area (Å²) >= 11 is 5.79. The second-order valence-corrected chi connectivity index (χ2v) is 4.14. The van der Waals surface area contributed by atoms with Gasteiger partial charge in [0.15, 0.2) is 0 Å². The first-order valence-electron chi connectivity index (χ1n) is 5.11. The Labute approximate surface area is 98.8 Å². The first-order valence-corrected chi connectivity index (χ1v) is 5.49. The van der Waals surface area contributed by atoms with E-state index in [2.05, 4.69) is 5.32 Å². The minimum atomic E-state index is -0.206. The number of carbonyl (C=O) groups is 1. The van der Waals surface area contributed by atoms with Crippen LogP contribution in [0, 0.1) is 0 Å². The molecule has 86 valence electrons. The molecule has 1 fully saturated rings. The number of nitrogens with one attached hydrogen (secondary N) is 1. The van der Waals surface area contributed by atoms with Crippen LogP contribution in [0.2, 0.25) is 5.02 Å². The maximum absolute atomic E-state index is 11.8. The number of nitrogens with zero attached hydrogens (tertiary/aromatic N) is 1. The van der Waals surface area contributed by atoms with Gasteiger partial charge in [-0.1, -0.05) is 11.6 Å². The van der Waals surface area contributed by atoms with Crippen molar-refractivity contribution in [3.63, 3.8) is 0 Å². The Balaban J connectivity index is 2.28. The molecule has 0 saturated carbocycles. The number of rotatable bonds is 2. The summed E-state index contributed by atoms with van der Waals surface area (Å²) in [5.41, 5.74) is 0.773. The van der Waals surface area contributed by atoms with Gasteiger partial charge in [-0.2, -0.15) is 0 Å². The summed E-state index contributed by atoms with van der Waals surface area (Å²) in [6.07, 6.45) is 0. The summed E-state index contributed by atoms with van der Waals surface area (Å²) in [7, 11) is 0. The van der Waals surface area contributed by atoms with Crippen LogP contribution in [0.1, 0.15) is 0 Å². The fourth-order valence-corrected chi connectivity index (χ4v) is 1.95. The molecule has 5 heteroatoms. The Hall–Kier alpha value is -1.10. The van der Waals surface area contributed by atoms with Crippen LogP contribution < -0.4 is 10.2 Å². The van der Waals surface area contributed by atoms with E-state index in [1.54, 1.807) is 29.2 Å². The lowest BCUT2D eigenvalue weighted by Gasteiger charge is -2.35. The molecule has 0 aliphatic carbocycles. The number of amides is 1. The zero-order chi connectivity index (χ0) is 11.5. The zero-order valence-electron chi connectivity index (χ0n) is 8.69. The van der Waals surface area contributed by atoms with Gasteiger partial charge >= 0.3 is 0 Å². The molecule has 1 atom stereocenters. The van der Waals surface area contributed by atoms with Gasteiger partial charge in [-0.3, -0.25) is 4.79 Å². The van der Waals surface area contributed by atoms with Crippen molar-refractivity contribution in [3.05, 3.63) is 29.3 Å². The van der Waals surface area contributed by atoms with Crippen molar-refractivity contribution in [2.45, 2.75) is 6.04 Å². The van der Waals surface area contributed by atoms with Crippen LogP contribution in [0.15, 0.2) is 24.3 Å². The predicted molar refractivity (Wildman–Crippen MR) is 62.7 cm³/mol. The molecule has 2 N–H and O–H groups in total. The summed E-state index contributed by atoms with van der Waals surface area (Å²) in [5, 5.41) is 12.8. The first-order chi connectivity index (χ1) is 7.72. The third-order valence-corrected chi connectivity index (χ3v) is 2.86. The Kier molecular flexibility index (Phi) is 3.43. The van der Waals surface area contributed by atoms with Gasteiger partial charge in [0.25, 0.3) is 0 Å². The molecule has 0 spiro atoms. The lowest BCUT2D eigenvalue weighted by molar-refractivity contribution is -0.119. The van der Waals surface area contributed by atoms with Gasteiger partial charge in [-0.15, -0.1) is 0 Å². The number of carbonyl (C=O) groups excluding carboxylic acids is 1. The molecule has 1 amide bonds. The second kappa shape index (κ2) is 4.82. The summed E-state index contributed by atoms with van der Waals surface area (Å²) in [6, 6.07) is 6.84. The molecule has 1 saturated heterocycles. The Morgan fingerprint density at radius 1 is 1.44 bits per heavy atom. The molecule has 16 heavy (non-hydrogen) atoms. The average Bonchev–Trinajstić information content (AvgIpc) is 2.30. The Morgan fingerprint density at radius 2 is 2.12 bits per heavy atom. The Morgan fingerprint density at radius 3 is 2.75 bits per heavy atom. The zero-order valence-corrected chi connectivity index (χ0v) is 9.44. The van der Waals surface area contributed by atoms with Gasteiger partial charge in [0, 0.05) is 17.3 Å². The van der Waals surface area contributed by atoms with Crippen LogP contribution >= 0.6 is 11.6 Å². The van der Waals surface area contributed by atoms with Crippen LogP contribution in [-0.2, 0) is 4.79 Å². The maximum Gasteiger partial charge on any atom is 0.241 e. The summed E-state index contributed by atoms with van der Waals surface area (Å²) in [5.74, 6) is -0.0346. The van der Waals surface area contributed by atoms with Gasteiger partial charge < -0.3 is 15.3 Å². The topological polar surface area (TPSA) is 52.6 Å². The SMILES string of the molecule is O=C1CNC[C@@H](CO)N1c1ccc(Cl)cc1. The quantitative estimate of drug-likeness (QED) is 0.798. The molecule has 1 heterocycles. The normalized spacial score (nSPS) is 21.2. The molecule has 0 radical (unpaired) electrons. The fourth-order valence-electron chi connectivity index (χ4n) is 1.83. The Bertz CT molecular complexity index is 380. The lowest BCUT2D eigenvalue weighted by atomic mass is 10.1. The van der Waals surface area contributed by atoms with Crippen molar-refractivity contribution in [3.8, 4) is 0 Å². The molecule has 1 aliphatic heterocycles. The van der Waals surface area contributed by atoms with E-state index in [4.69, 9.17) is 11.6 Å². The third kappa shape index (κ3) is 2.19. The minimum Gasteiger partial charge on any atom is -0.394 e. The molecule has 4 nitrogen and oxygen atoms in total. The highest BCUT2D eigenvalue weighted by Crippen LogP contribution is 2.21. The van der Waals surface area contributed by atoms with E-state index >= 15 is 0 Å². The number of hydrogen-bond acceptors (Lipinski definition) is 3. The van der Waals surface area contributed by atoms with E-state index in [-0.39, 0.29) is 18.6 Å². The highest BCUT2D eigenvalue weighted by molar-refractivity contribution is 6.30. The highest BCUT2D eigenvalue weighted by atomic mass is 35.5. The van der Waals surface area contributed by atoms with E-state index in [9.17, 15) is 9.90 Å². The van der Waals surface area contributed by atoms with Crippen LogP contribution in [0.4, 0.5) is 5.69 Å². The number of aliphatic hydroxyl groups is 1. The molecule has 1 aromatic carbocycles. The van der Waals surface area contributed by atoms with Crippen molar-refractivity contribution in [1.29, 1.82) is 0 Å². The van der Waals surface area contributed by atoms with Crippen LogP contribution in [0.3, 0.4) is 0 Å². The van der Waals surface area contributed by atoms with Crippen molar-refractivity contribution in [2.75, 3.05) is 24.6 Å². The summed E-state index contributed by atoms with van der Waals surface area (Å²) in [6.45, 7) is 0.853. The lowest BCUT2D eigenvalue weighted by Crippen LogP contribution is -2.56. The number of halogens is 1. The van der Waals surface area contributed by atoms with Crippen molar-refractivity contribution >= 4 is 23.2 Å². The number of anilines is 1. The highest BCUT2D eigenvalue weighted by Gasteiger charge is 2.28. The number of piperazine rings is 1. The average molecular weight is 241 g/mol. The molecular formula is C11H13ClN2O2. The van der Waals surface area contributed by atoms with Crippen molar-refractivity contribution in [2.24, 2.45) is 0 Å². The van der Waals surface area contributed by atoms with E-state index in [1.165, 1.54) is 0 Å². The van der Waals surface area contributed by atoms with Crippen LogP contribution in [0.25, 0.3) is 0 Å².